The van der Waals surface area contributed by atoms with Gasteiger partial charge in [0.2, 0.25) is 0 Å². The fraction of sp³-hybridized carbons (Fsp3) is 0.667. The molecule has 18 heavy (non-hydrogen) atoms. The van der Waals surface area contributed by atoms with Crippen molar-refractivity contribution in [2.45, 2.75) is 39.4 Å². The van der Waals surface area contributed by atoms with Crippen LogP contribution >= 0.6 is 0 Å². The van der Waals surface area contributed by atoms with Gasteiger partial charge in [0, 0.05) is 17.3 Å². The molecule has 1 aliphatic carbocycles. The second-order valence-electron chi connectivity index (χ2n) is 6.00. The van der Waals surface area contributed by atoms with Crippen LogP contribution in [0.3, 0.4) is 0 Å². The van der Waals surface area contributed by atoms with Crippen molar-refractivity contribution in [3.63, 3.8) is 0 Å². The van der Waals surface area contributed by atoms with E-state index in [1.165, 1.54) is 0 Å². The summed E-state index contributed by atoms with van der Waals surface area (Å²) in [6, 6.07) is 0. The number of rotatable bonds is 2. The molecular formula is C15H22O3. The third kappa shape index (κ3) is 1.64. The van der Waals surface area contributed by atoms with E-state index in [0.717, 1.165) is 5.57 Å². The third-order valence-electron chi connectivity index (χ3n) is 4.87. The molecule has 6 atom stereocenters. The molecule has 100 valence electrons. The molecule has 0 spiro atoms. The minimum absolute atomic E-state index is 0.0577. The standard InChI is InChI=1S/C15H22O3/c1-6-15(5)11(16)7-10-9(4)14(17)18-13(10)12(15)8(2)3/h6,9-13,16H,1-2,7H2,3-5H3/t9-,10-,11-,12+,13-,15+/m0/s1. The minimum atomic E-state index is -0.505. The normalized spacial score (nSPS) is 47.3. The number of aliphatic hydroxyl groups is 1. The number of fused-ring (bicyclic) bond motifs is 1. The molecule has 1 aliphatic heterocycles. The van der Waals surface area contributed by atoms with E-state index in [1.54, 1.807) is 6.08 Å². The van der Waals surface area contributed by atoms with Gasteiger partial charge in [0.15, 0.2) is 0 Å². The topological polar surface area (TPSA) is 46.5 Å². The number of hydrogen-bond donors (Lipinski definition) is 1. The summed E-state index contributed by atoms with van der Waals surface area (Å²) < 4.78 is 5.54. The smallest absolute Gasteiger partial charge is 0.309 e. The van der Waals surface area contributed by atoms with Gasteiger partial charge in [0.05, 0.1) is 12.0 Å². The van der Waals surface area contributed by atoms with Gasteiger partial charge in [-0.25, -0.2) is 0 Å². The number of esters is 1. The second kappa shape index (κ2) is 4.23. The van der Waals surface area contributed by atoms with Gasteiger partial charge in [-0.15, -0.1) is 6.58 Å². The summed E-state index contributed by atoms with van der Waals surface area (Å²) in [4.78, 5) is 11.8. The van der Waals surface area contributed by atoms with Crippen molar-refractivity contribution in [2.75, 3.05) is 0 Å². The zero-order chi connectivity index (χ0) is 13.7. The van der Waals surface area contributed by atoms with Gasteiger partial charge in [-0.1, -0.05) is 32.1 Å². The average molecular weight is 250 g/mol. The molecular weight excluding hydrogens is 228 g/mol. The van der Waals surface area contributed by atoms with Crippen molar-refractivity contribution in [3.8, 4) is 0 Å². The van der Waals surface area contributed by atoms with Crippen LogP contribution in [-0.2, 0) is 9.53 Å². The van der Waals surface area contributed by atoms with Crippen molar-refractivity contribution in [3.05, 3.63) is 24.8 Å². The van der Waals surface area contributed by atoms with Crippen LogP contribution in [0.2, 0.25) is 0 Å². The first kappa shape index (κ1) is 13.3. The summed E-state index contributed by atoms with van der Waals surface area (Å²) >= 11 is 0. The number of hydrogen-bond acceptors (Lipinski definition) is 3. The Labute approximate surface area is 109 Å². The lowest BCUT2D eigenvalue weighted by molar-refractivity contribution is -0.149. The Kier molecular flexibility index (Phi) is 3.14. The van der Waals surface area contributed by atoms with Gasteiger partial charge in [-0.2, -0.15) is 0 Å². The third-order valence-corrected chi connectivity index (χ3v) is 4.87. The molecule has 0 aromatic rings. The summed E-state index contributed by atoms with van der Waals surface area (Å²) in [5.41, 5.74) is 0.463. The van der Waals surface area contributed by atoms with Gasteiger partial charge in [-0.3, -0.25) is 4.79 Å². The van der Waals surface area contributed by atoms with Crippen molar-refractivity contribution >= 4 is 5.97 Å². The highest BCUT2D eigenvalue weighted by Gasteiger charge is 2.57. The van der Waals surface area contributed by atoms with Gasteiger partial charge >= 0.3 is 5.97 Å². The lowest BCUT2D eigenvalue weighted by Gasteiger charge is -2.48. The molecule has 0 bridgehead atoms. The molecule has 2 aliphatic rings. The largest absolute Gasteiger partial charge is 0.461 e. The van der Waals surface area contributed by atoms with E-state index in [9.17, 15) is 9.90 Å². The average Bonchev–Trinajstić information content (AvgIpc) is 2.56. The molecule has 3 nitrogen and oxygen atoms in total. The Morgan fingerprint density at radius 2 is 2.22 bits per heavy atom. The number of carbonyl (C=O) groups excluding carboxylic acids is 1. The first-order chi connectivity index (χ1) is 8.32. The maximum atomic E-state index is 11.8. The lowest BCUT2D eigenvalue weighted by atomic mass is 9.58. The van der Waals surface area contributed by atoms with E-state index in [2.05, 4.69) is 13.2 Å². The Hall–Kier alpha value is -1.09. The molecule has 3 heteroatoms. The summed E-state index contributed by atoms with van der Waals surface area (Å²) in [7, 11) is 0. The highest BCUT2D eigenvalue weighted by atomic mass is 16.6. The lowest BCUT2D eigenvalue weighted by Crippen LogP contribution is -2.52. The molecule has 2 fully saturated rings. The van der Waals surface area contributed by atoms with Crippen LogP contribution in [0, 0.1) is 23.2 Å². The molecule has 0 aromatic heterocycles. The number of ether oxygens (including phenoxy) is 1. The minimum Gasteiger partial charge on any atom is -0.461 e. The van der Waals surface area contributed by atoms with Crippen LogP contribution in [-0.4, -0.2) is 23.3 Å². The molecule has 1 saturated carbocycles. The zero-order valence-corrected chi connectivity index (χ0v) is 11.3. The van der Waals surface area contributed by atoms with Crippen LogP contribution < -0.4 is 0 Å². The Morgan fingerprint density at radius 3 is 2.72 bits per heavy atom. The summed E-state index contributed by atoms with van der Waals surface area (Å²) in [6.07, 6.45) is 1.69. The van der Waals surface area contributed by atoms with Crippen molar-refractivity contribution in [1.82, 2.24) is 0 Å². The number of carbonyl (C=O) groups is 1. The fourth-order valence-electron chi connectivity index (χ4n) is 3.59. The fourth-order valence-corrected chi connectivity index (χ4v) is 3.59. The van der Waals surface area contributed by atoms with E-state index in [4.69, 9.17) is 4.74 Å². The van der Waals surface area contributed by atoms with Gasteiger partial charge < -0.3 is 9.84 Å². The Bertz CT molecular complexity index is 401. The zero-order valence-electron chi connectivity index (χ0n) is 11.3. The van der Waals surface area contributed by atoms with E-state index >= 15 is 0 Å². The van der Waals surface area contributed by atoms with E-state index in [1.807, 2.05) is 20.8 Å². The van der Waals surface area contributed by atoms with Crippen LogP contribution in [0.15, 0.2) is 24.8 Å². The summed E-state index contributed by atoms with van der Waals surface area (Å²) in [6.45, 7) is 13.6. The van der Waals surface area contributed by atoms with Gasteiger partial charge in [0.1, 0.15) is 6.10 Å². The molecule has 2 rings (SSSR count). The quantitative estimate of drug-likeness (QED) is 0.604. The predicted octanol–water partition coefficient (Wildman–Crippen LogP) is 2.31. The molecule has 0 radical (unpaired) electrons. The molecule has 1 N–H and O–H groups in total. The van der Waals surface area contributed by atoms with Crippen LogP contribution in [0.4, 0.5) is 0 Å². The van der Waals surface area contributed by atoms with E-state index < -0.39 is 11.5 Å². The molecule has 1 heterocycles. The van der Waals surface area contributed by atoms with Crippen LogP contribution in [0.25, 0.3) is 0 Å². The van der Waals surface area contributed by atoms with Crippen molar-refractivity contribution in [1.29, 1.82) is 0 Å². The summed E-state index contributed by atoms with van der Waals surface area (Å²) in [5.74, 6) is -0.266. The van der Waals surface area contributed by atoms with Crippen molar-refractivity contribution in [2.24, 2.45) is 23.2 Å². The number of aliphatic hydroxyl groups excluding tert-OH is 1. The molecule has 1 saturated heterocycles. The predicted molar refractivity (Wildman–Crippen MR) is 69.8 cm³/mol. The Balaban J connectivity index is 2.44. The molecule has 0 aromatic carbocycles. The first-order valence-corrected chi connectivity index (χ1v) is 6.50. The maximum Gasteiger partial charge on any atom is 0.309 e. The molecule has 0 amide bonds. The van der Waals surface area contributed by atoms with Crippen LogP contribution in [0.5, 0.6) is 0 Å². The van der Waals surface area contributed by atoms with Crippen LogP contribution in [0.1, 0.15) is 27.2 Å². The molecule has 0 unspecified atom stereocenters. The highest BCUT2D eigenvalue weighted by Crippen LogP contribution is 2.52. The van der Waals surface area contributed by atoms with Gasteiger partial charge in [0.25, 0.3) is 0 Å². The first-order valence-electron chi connectivity index (χ1n) is 6.50. The summed E-state index contributed by atoms with van der Waals surface area (Å²) in [5, 5.41) is 10.4. The monoisotopic (exact) mass is 250 g/mol. The van der Waals surface area contributed by atoms with E-state index in [0.29, 0.717) is 6.42 Å². The SMILES string of the molecule is C=C[C@@]1(C)[C@H](C(=C)C)[C@H]2OC(=O)[C@@H](C)[C@@H]2C[C@@H]1O. The second-order valence-corrected chi connectivity index (χ2v) is 6.00. The van der Waals surface area contributed by atoms with E-state index in [-0.39, 0.29) is 29.8 Å². The van der Waals surface area contributed by atoms with Crippen molar-refractivity contribution < 1.29 is 14.6 Å². The highest BCUT2D eigenvalue weighted by molar-refractivity contribution is 5.75. The maximum absolute atomic E-state index is 11.8. The Morgan fingerprint density at radius 1 is 1.61 bits per heavy atom. The van der Waals surface area contributed by atoms with Gasteiger partial charge in [-0.05, 0) is 13.3 Å².